The summed E-state index contributed by atoms with van der Waals surface area (Å²) in [6.45, 7) is 2.60. The summed E-state index contributed by atoms with van der Waals surface area (Å²) >= 11 is 6.02. The molecule has 3 rings (SSSR count). The second-order valence-electron chi connectivity index (χ2n) is 6.16. The predicted molar refractivity (Wildman–Crippen MR) is 107 cm³/mol. The molecule has 2 aromatic carbocycles. The Hall–Kier alpha value is -2.99. The van der Waals surface area contributed by atoms with E-state index in [0.29, 0.717) is 35.4 Å². The van der Waals surface area contributed by atoms with E-state index in [4.69, 9.17) is 25.8 Å². The molecule has 0 bridgehead atoms. The molecule has 0 atom stereocenters. The average Bonchev–Trinajstić information content (AvgIpc) is 2.93. The Labute approximate surface area is 168 Å². The van der Waals surface area contributed by atoms with Gasteiger partial charge in [0.1, 0.15) is 0 Å². The van der Waals surface area contributed by atoms with Crippen LogP contribution in [-0.4, -0.2) is 31.7 Å². The van der Waals surface area contributed by atoms with Crippen LogP contribution in [0.5, 0.6) is 11.5 Å². The summed E-state index contributed by atoms with van der Waals surface area (Å²) in [5.74, 6) is 0.266. The van der Waals surface area contributed by atoms with Crippen molar-refractivity contribution in [1.82, 2.24) is 0 Å². The van der Waals surface area contributed by atoms with Crippen LogP contribution in [0.25, 0.3) is 6.08 Å². The van der Waals surface area contributed by atoms with Crippen LogP contribution in [0.4, 0.5) is 5.69 Å². The number of anilines is 1. The molecule has 1 heterocycles. The second-order valence-corrected chi connectivity index (χ2v) is 6.57. The first-order valence-electron chi connectivity index (χ1n) is 8.82. The van der Waals surface area contributed by atoms with Crippen LogP contribution in [0, 0.1) is 6.92 Å². The fourth-order valence-corrected chi connectivity index (χ4v) is 2.74. The molecule has 6 nitrogen and oxygen atoms in total. The Balaban J connectivity index is 1.52. The smallest absolute Gasteiger partial charge is 0.331 e. The number of rotatable bonds is 5. The van der Waals surface area contributed by atoms with E-state index in [1.165, 1.54) is 6.08 Å². The van der Waals surface area contributed by atoms with E-state index in [-0.39, 0.29) is 0 Å². The fraction of sp³-hybridized carbons (Fsp3) is 0.238. The van der Waals surface area contributed by atoms with Gasteiger partial charge in [-0.1, -0.05) is 23.7 Å². The molecule has 7 heteroatoms. The molecule has 0 aliphatic carbocycles. The molecule has 146 valence electrons. The van der Waals surface area contributed by atoms with Gasteiger partial charge in [0.25, 0.3) is 5.91 Å². The standard InChI is InChI=1S/C21H20ClNO5/c1-14-16(22)4-2-5-17(14)23-20(24)13-28-21(25)9-7-15-6-8-18-19(12-15)27-11-3-10-26-18/h2,4-9,12H,3,10-11,13H2,1H3,(H,23,24)/b9-7+. The summed E-state index contributed by atoms with van der Waals surface area (Å²) in [5.41, 5.74) is 2.09. The van der Waals surface area contributed by atoms with E-state index in [0.717, 1.165) is 17.5 Å². The van der Waals surface area contributed by atoms with Crippen molar-refractivity contribution in [1.29, 1.82) is 0 Å². The number of ether oxygens (including phenoxy) is 3. The molecule has 0 unspecified atom stereocenters. The third-order valence-corrected chi connectivity index (χ3v) is 4.48. The highest BCUT2D eigenvalue weighted by molar-refractivity contribution is 6.31. The van der Waals surface area contributed by atoms with Crippen LogP contribution in [0.3, 0.4) is 0 Å². The van der Waals surface area contributed by atoms with Crippen molar-refractivity contribution in [2.45, 2.75) is 13.3 Å². The minimum Gasteiger partial charge on any atom is -0.490 e. The first kappa shape index (κ1) is 19.8. The maximum Gasteiger partial charge on any atom is 0.331 e. The number of benzene rings is 2. The van der Waals surface area contributed by atoms with Gasteiger partial charge in [-0.3, -0.25) is 4.79 Å². The lowest BCUT2D eigenvalue weighted by Gasteiger charge is -2.09. The third kappa shape index (κ3) is 5.27. The van der Waals surface area contributed by atoms with Gasteiger partial charge >= 0.3 is 5.97 Å². The molecule has 1 aliphatic heterocycles. The number of hydrogen-bond donors (Lipinski definition) is 1. The molecule has 1 aliphatic rings. The largest absolute Gasteiger partial charge is 0.490 e. The van der Waals surface area contributed by atoms with E-state index in [2.05, 4.69) is 5.32 Å². The minimum absolute atomic E-state index is 0.393. The van der Waals surface area contributed by atoms with Gasteiger partial charge in [-0.15, -0.1) is 0 Å². The summed E-state index contributed by atoms with van der Waals surface area (Å²) < 4.78 is 16.2. The number of fused-ring (bicyclic) bond motifs is 1. The molecule has 0 saturated heterocycles. The van der Waals surface area contributed by atoms with Crippen LogP contribution >= 0.6 is 11.6 Å². The van der Waals surface area contributed by atoms with Crippen molar-refractivity contribution in [2.24, 2.45) is 0 Å². The van der Waals surface area contributed by atoms with E-state index >= 15 is 0 Å². The molecule has 0 saturated carbocycles. The topological polar surface area (TPSA) is 73.9 Å². The quantitative estimate of drug-likeness (QED) is 0.605. The third-order valence-electron chi connectivity index (χ3n) is 4.07. The van der Waals surface area contributed by atoms with Gasteiger partial charge in [0.15, 0.2) is 18.1 Å². The average molecular weight is 402 g/mol. The van der Waals surface area contributed by atoms with E-state index in [1.54, 1.807) is 43.3 Å². The number of hydrogen-bond acceptors (Lipinski definition) is 5. The normalized spacial score (nSPS) is 13.1. The number of amides is 1. The summed E-state index contributed by atoms with van der Waals surface area (Å²) in [4.78, 5) is 23.8. The maximum atomic E-state index is 12.0. The van der Waals surface area contributed by atoms with E-state index in [1.807, 2.05) is 6.07 Å². The highest BCUT2D eigenvalue weighted by atomic mass is 35.5. The SMILES string of the molecule is Cc1c(Cl)cccc1NC(=O)COC(=O)/C=C/c1ccc2c(c1)OCCCO2. The van der Waals surface area contributed by atoms with Gasteiger partial charge in [0, 0.05) is 23.2 Å². The van der Waals surface area contributed by atoms with Gasteiger partial charge < -0.3 is 19.5 Å². The molecule has 0 radical (unpaired) electrons. The molecular weight excluding hydrogens is 382 g/mol. The maximum absolute atomic E-state index is 12.0. The Bertz CT molecular complexity index is 910. The van der Waals surface area contributed by atoms with Gasteiger partial charge in [-0.25, -0.2) is 4.79 Å². The summed E-state index contributed by atoms with van der Waals surface area (Å²) in [6, 6.07) is 10.6. The lowest BCUT2D eigenvalue weighted by atomic mass is 10.2. The molecule has 1 amide bonds. The van der Waals surface area contributed by atoms with Crippen molar-refractivity contribution in [3.63, 3.8) is 0 Å². The zero-order valence-electron chi connectivity index (χ0n) is 15.4. The van der Waals surface area contributed by atoms with Crippen LogP contribution < -0.4 is 14.8 Å². The Morgan fingerprint density at radius 1 is 1.18 bits per heavy atom. The fourth-order valence-electron chi connectivity index (χ4n) is 2.56. The highest BCUT2D eigenvalue weighted by Crippen LogP contribution is 2.30. The number of halogens is 1. The number of nitrogens with one attached hydrogen (secondary N) is 1. The molecule has 2 aromatic rings. The Morgan fingerprint density at radius 3 is 2.79 bits per heavy atom. The lowest BCUT2D eigenvalue weighted by Crippen LogP contribution is -2.20. The Morgan fingerprint density at radius 2 is 1.96 bits per heavy atom. The zero-order valence-corrected chi connectivity index (χ0v) is 16.1. The van der Waals surface area contributed by atoms with Crippen molar-refractivity contribution >= 4 is 35.2 Å². The van der Waals surface area contributed by atoms with Crippen molar-refractivity contribution < 1.29 is 23.8 Å². The first-order chi connectivity index (χ1) is 13.5. The summed E-state index contributed by atoms with van der Waals surface area (Å²) in [5, 5.41) is 3.21. The molecule has 0 spiro atoms. The van der Waals surface area contributed by atoms with Crippen LogP contribution in [0.2, 0.25) is 5.02 Å². The molecule has 0 aromatic heterocycles. The molecule has 0 fully saturated rings. The number of carbonyl (C=O) groups excluding carboxylic acids is 2. The van der Waals surface area contributed by atoms with Gasteiger partial charge in [-0.05, 0) is 48.4 Å². The van der Waals surface area contributed by atoms with Crippen molar-refractivity contribution in [3.05, 3.63) is 58.6 Å². The zero-order chi connectivity index (χ0) is 19.9. The van der Waals surface area contributed by atoms with Crippen LogP contribution in [0.1, 0.15) is 17.5 Å². The van der Waals surface area contributed by atoms with E-state index < -0.39 is 18.5 Å². The van der Waals surface area contributed by atoms with Gasteiger partial charge in [0.05, 0.1) is 13.2 Å². The lowest BCUT2D eigenvalue weighted by molar-refractivity contribution is -0.142. The van der Waals surface area contributed by atoms with Crippen LogP contribution in [-0.2, 0) is 14.3 Å². The Kier molecular flexibility index (Phi) is 6.55. The predicted octanol–water partition coefficient (Wildman–Crippen LogP) is 4.00. The number of esters is 1. The second kappa shape index (κ2) is 9.28. The molecular formula is C21H20ClNO5. The van der Waals surface area contributed by atoms with E-state index in [9.17, 15) is 9.59 Å². The van der Waals surface area contributed by atoms with Gasteiger partial charge in [0.2, 0.25) is 0 Å². The molecule has 28 heavy (non-hydrogen) atoms. The highest BCUT2D eigenvalue weighted by Gasteiger charge is 2.11. The first-order valence-corrected chi connectivity index (χ1v) is 9.20. The minimum atomic E-state index is -0.620. The molecule has 1 N–H and O–H groups in total. The monoisotopic (exact) mass is 401 g/mol. The summed E-state index contributed by atoms with van der Waals surface area (Å²) in [6.07, 6.45) is 3.68. The van der Waals surface area contributed by atoms with Crippen LogP contribution in [0.15, 0.2) is 42.5 Å². The van der Waals surface area contributed by atoms with Gasteiger partial charge in [-0.2, -0.15) is 0 Å². The summed E-state index contributed by atoms with van der Waals surface area (Å²) in [7, 11) is 0. The number of carbonyl (C=O) groups is 2. The van der Waals surface area contributed by atoms with Crippen molar-refractivity contribution in [3.8, 4) is 11.5 Å². The van der Waals surface area contributed by atoms with Crippen molar-refractivity contribution in [2.75, 3.05) is 25.1 Å².